The minimum absolute atomic E-state index is 0.120. The van der Waals surface area contributed by atoms with Crippen LogP contribution in [0.3, 0.4) is 0 Å². The molecule has 2 nitrogen and oxygen atoms in total. The van der Waals surface area contributed by atoms with Gasteiger partial charge >= 0.3 is 12.3 Å². The minimum atomic E-state index is -4.61. The molecule has 1 aromatic rings. The van der Waals surface area contributed by atoms with Crippen molar-refractivity contribution in [2.45, 2.75) is 109 Å². The van der Waals surface area contributed by atoms with Gasteiger partial charge in [-0.3, -0.25) is 0 Å². The van der Waals surface area contributed by atoms with Crippen LogP contribution in [0, 0.1) is 29.5 Å². The molecule has 0 saturated heterocycles. The summed E-state index contributed by atoms with van der Waals surface area (Å²) in [5, 5.41) is 0. The van der Waals surface area contributed by atoms with Crippen molar-refractivity contribution in [3.8, 4) is 5.75 Å². The Hall–Kier alpha value is -1.44. The molecule has 1 unspecified atom stereocenters. The molecule has 0 amide bonds. The minimum Gasteiger partial charge on any atom is -0.432 e. The van der Waals surface area contributed by atoms with E-state index in [0.717, 1.165) is 24.8 Å². The van der Waals surface area contributed by atoms with Crippen molar-refractivity contribution >= 4 is 0 Å². The summed E-state index contributed by atoms with van der Waals surface area (Å²) in [7, 11) is 0. The Bertz CT molecular complexity index is 839. The van der Waals surface area contributed by atoms with Crippen LogP contribution in [0.25, 0.3) is 0 Å². The summed E-state index contributed by atoms with van der Waals surface area (Å²) in [6.07, 6.45) is 0.0745. The molecular formula is C27H36F6O2. The third-order valence-electron chi connectivity index (χ3n) is 8.48. The van der Waals surface area contributed by atoms with Crippen LogP contribution in [-0.2, 0) is 17.8 Å². The van der Waals surface area contributed by atoms with E-state index in [4.69, 9.17) is 9.47 Å². The zero-order valence-electron chi connectivity index (χ0n) is 20.3. The first-order chi connectivity index (χ1) is 16.6. The number of rotatable bonds is 7. The van der Waals surface area contributed by atoms with Gasteiger partial charge in [0.15, 0.2) is 6.10 Å². The van der Waals surface area contributed by atoms with E-state index < -0.39 is 43.2 Å². The topological polar surface area (TPSA) is 18.5 Å². The first kappa shape index (κ1) is 26.6. The van der Waals surface area contributed by atoms with Gasteiger partial charge in [-0.2, -0.15) is 22.0 Å². The molecule has 8 heteroatoms. The van der Waals surface area contributed by atoms with Crippen molar-refractivity contribution in [2.24, 2.45) is 23.7 Å². The highest BCUT2D eigenvalue weighted by Gasteiger charge is 2.46. The summed E-state index contributed by atoms with van der Waals surface area (Å²) < 4.78 is 93.0. The average Bonchev–Trinajstić information content (AvgIpc) is 2.82. The molecule has 1 heterocycles. The third-order valence-corrected chi connectivity index (χ3v) is 8.48. The highest BCUT2D eigenvalue weighted by Crippen LogP contribution is 2.46. The Labute approximate surface area is 203 Å². The van der Waals surface area contributed by atoms with Crippen LogP contribution in [0.15, 0.2) is 12.1 Å². The van der Waals surface area contributed by atoms with E-state index in [2.05, 4.69) is 6.92 Å². The zero-order chi connectivity index (χ0) is 25.2. The number of alkyl halides is 5. The van der Waals surface area contributed by atoms with E-state index in [1.165, 1.54) is 51.0 Å². The standard InChI is InChI=1S/C27H36F6O2/c1-2-3-4-17-5-7-18(8-6-17)19-9-11-21(12-10-19)27(32,33)35-22-13-20-16-34-25(26(29,30)31)15-23(20)24(28)14-22/h13-14,17-19,21,25H,2-12,15-16H2,1H3. The molecule has 3 aliphatic rings. The molecule has 2 fully saturated rings. The summed E-state index contributed by atoms with van der Waals surface area (Å²) in [5.74, 6) is -0.365. The van der Waals surface area contributed by atoms with Crippen LogP contribution >= 0.6 is 0 Å². The second-order valence-electron chi connectivity index (χ2n) is 10.8. The van der Waals surface area contributed by atoms with E-state index in [9.17, 15) is 26.3 Å². The van der Waals surface area contributed by atoms with Crippen LogP contribution in [0.1, 0.15) is 88.7 Å². The summed E-state index contributed by atoms with van der Waals surface area (Å²) >= 11 is 0. The smallest absolute Gasteiger partial charge is 0.414 e. The van der Waals surface area contributed by atoms with Gasteiger partial charge in [0.1, 0.15) is 11.6 Å². The molecule has 198 valence electrons. The first-order valence-corrected chi connectivity index (χ1v) is 13.1. The van der Waals surface area contributed by atoms with Gasteiger partial charge < -0.3 is 9.47 Å². The zero-order valence-corrected chi connectivity index (χ0v) is 20.3. The molecule has 0 bridgehead atoms. The van der Waals surface area contributed by atoms with Gasteiger partial charge in [-0.25, -0.2) is 4.39 Å². The van der Waals surface area contributed by atoms with Gasteiger partial charge in [-0.05, 0) is 73.5 Å². The van der Waals surface area contributed by atoms with Gasteiger partial charge in [0.2, 0.25) is 0 Å². The molecule has 35 heavy (non-hydrogen) atoms. The first-order valence-electron chi connectivity index (χ1n) is 13.1. The maximum atomic E-state index is 15.0. The fourth-order valence-corrected chi connectivity index (χ4v) is 6.34. The summed E-state index contributed by atoms with van der Waals surface area (Å²) in [6, 6.07) is 1.95. The lowest BCUT2D eigenvalue weighted by Gasteiger charge is -2.39. The number of fused-ring (bicyclic) bond motifs is 1. The lowest BCUT2D eigenvalue weighted by atomic mass is 9.68. The summed E-state index contributed by atoms with van der Waals surface area (Å²) in [6.45, 7) is 1.72. The molecule has 1 aromatic carbocycles. The molecule has 0 N–H and O–H groups in total. The van der Waals surface area contributed by atoms with E-state index in [1.54, 1.807) is 0 Å². The molecule has 0 spiro atoms. The molecule has 1 aliphatic heterocycles. The van der Waals surface area contributed by atoms with E-state index in [-0.39, 0.29) is 16.9 Å². The summed E-state index contributed by atoms with van der Waals surface area (Å²) in [4.78, 5) is 0. The molecule has 4 rings (SSSR count). The average molecular weight is 507 g/mol. The second kappa shape index (κ2) is 10.9. The number of benzene rings is 1. The lowest BCUT2D eigenvalue weighted by Crippen LogP contribution is -2.39. The van der Waals surface area contributed by atoms with Gasteiger partial charge in [0.05, 0.1) is 12.5 Å². The van der Waals surface area contributed by atoms with Gasteiger partial charge in [0.25, 0.3) is 0 Å². The van der Waals surface area contributed by atoms with Gasteiger partial charge in [-0.1, -0.05) is 39.0 Å². The highest BCUT2D eigenvalue weighted by atomic mass is 19.4. The fourth-order valence-electron chi connectivity index (χ4n) is 6.34. The van der Waals surface area contributed by atoms with Crippen LogP contribution in [-0.4, -0.2) is 18.4 Å². The Morgan fingerprint density at radius 3 is 2.14 bits per heavy atom. The molecule has 0 aromatic heterocycles. The quantitative estimate of drug-likeness (QED) is 0.345. The van der Waals surface area contributed by atoms with E-state index in [1.807, 2.05) is 0 Å². The van der Waals surface area contributed by atoms with Crippen LogP contribution in [0.2, 0.25) is 0 Å². The van der Waals surface area contributed by atoms with Gasteiger partial charge in [0, 0.05) is 12.5 Å². The molecule has 2 aliphatic carbocycles. The maximum Gasteiger partial charge on any atom is 0.414 e. The number of unbranched alkanes of at least 4 members (excludes halogenated alkanes) is 1. The Balaban J connectivity index is 1.31. The monoisotopic (exact) mass is 506 g/mol. The fraction of sp³-hybridized carbons (Fsp3) is 0.778. The van der Waals surface area contributed by atoms with E-state index >= 15 is 0 Å². The maximum absolute atomic E-state index is 15.0. The third kappa shape index (κ3) is 6.47. The molecule has 2 saturated carbocycles. The van der Waals surface area contributed by atoms with Crippen molar-refractivity contribution in [3.05, 3.63) is 29.1 Å². The van der Waals surface area contributed by atoms with Crippen molar-refractivity contribution in [1.29, 1.82) is 0 Å². The molecule has 1 atom stereocenters. The normalized spacial score (nSPS) is 30.1. The number of halogens is 6. The lowest BCUT2D eigenvalue weighted by molar-refractivity contribution is -0.227. The Morgan fingerprint density at radius 2 is 1.54 bits per heavy atom. The predicted octanol–water partition coefficient (Wildman–Crippen LogP) is 8.60. The number of hydrogen-bond donors (Lipinski definition) is 0. The van der Waals surface area contributed by atoms with Crippen molar-refractivity contribution < 1.29 is 35.8 Å². The number of hydrogen-bond acceptors (Lipinski definition) is 2. The van der Waals surface area contributed by atoms with Crippen molar-refractivity contribution in [1.82, 2.24) is 0 Å². The second-order valence-corrected chi connectivity index (χ2v) is 10.8. The highest BCUT2D eigenvalue weighted by molar-refractivity contribution is 5.38. The SMILES string of the molecule is CCCCC1CCC(C2CCC(C(F)(F)Oc3cc(F)c4c(c3)COC(C(F)(F)F)C4)CC2)CC1. The molecule has 0 radical (unpaired) electrons. The van der Waals surface area contributed by atoms with Crippen molar-refractivity contribution in [2.75, 3.05) is 0 Å². The predicted molar refractivity (Wildman–Crippen MR) is 121 cm³/mol. The van der Waals surface area contributed by atoms with E-state index in [0.29, 0.717) is 24.7 Å². The van der Waals surface area contributed by atoms with Crippen LogP contribution < -0.4 is 4.74 Å². The Kier molecular flexibility index (Phi) is 8.29. The van der Waals surface area contributed by atoms with Crippen molar-refractivity contribution in [3.63, 3.8) is 0 Å². The number of ether oxygens (including phenoxy) is 2. The van der Waals surface area contributed by atoms with Crippen LogP contribution in [0.4, 0.5) is 26.3 Å². The largest absolute Gasteiger partial charge is 0.432 e. The molecular weight excluding hydrogens is 470 g/mol. The Morgan fingerprint density at radius 1 is 0.914 bits per heavy atom. The van der Waals surface area contributed by atoms with Gasteiger partial charge in [-0.15, -0.1) is 0 Å². The van der Waals surface area contributed by atoms with Crippen LogP contribution in [0.5, 0.6) is 5.75 Å². The summed E-state index contributed by atoms with van der Waals surface area (Å²) in [5.41, 5.74) is -0.0336.